The molecule has 1 aromatic carbocycles. The van der Waals surface area contributed by atoms with Crippen LogP contribution in [0.4, 0.5) is 5.13 Å². The van der Waals surface area contributed by atoms with E-state index in [0.29, 0.717) is 5.69 Å². The largest absolute Gasteiger partial charge is 0.466 e. The standard InChI is InChI=1S/C13H11ClN4O5S2/c1-2-22-10(19)5-7-6-24-13(15-7)18-25(20,21)9-4-3-8(14)11-12(9)17-23-16-11/h3-4,6H,2,5H2,1H3,(H,15,18). The van der Waals surface area contributed by atoms with Gasteiger partial charge in [0.15, 0.2) is 16.2 Å². The maximum atomic E-state index is 12.6. The van der Waals surface area contributed by atoms with Gasteiger partial charge in [0.05, 0.1) is 23.7 Å². The summed E-state index contributed by atoms with van der Waals surface area (Å²) >= 11 is 6.97. The molecule has 0 bridgehead atoms. The Morgan fingerprint density at radius 1 is 1.36 bits per heavy atom. The number of hydrogen-bond donors (Lipinski definition) is 1. The molecule has 0 atom stereocenters. The van der Waals surface area contributed by atoms with E-state index in [9.17, 15) is 13.2 Å². The topological polar surface area (TPSA) is 124 Å². The van der Waals surface area contributed by atoms with E-state index in [1.165, 1.54) is 12.1 Å². The number of anilines is 1. The highest BCUT2D eigenvalue weighted by Crippen LogP contribution is 2.28. The van der Waals surface area contributed by atoms with Gasteiger partial charge >= 0.3 is 5.97 Å². The van der Waals surface area contributed by atoms with E-state index < -0.39 is 16.0 Å². The molecule has 12 heteroatoms. The molecule has 2 aromatic heterocycles. The van der Waals surface area contributed by atoms with Gasteiger partial charge in [-0.3, -0.25) is 9.52 Å². The Morgan fingerprint density at radius 2 is 2.12 bits per heavy atom. The van der Waals surface area contributed by atoms with E-state index in [2.05, 4.69) is 24.6 Å². The van der Waals surface area contributed by atoms with Gasteiger partial charge in [-0.05, 0) is 29.4 Å². The molecule has 2 heterocycles. The number of aromatic nitrogens is 3. The van der Waals surface area contributed by atoms with Crippen LogP contribution in [-0.2, 0) is 26.0 Å². The second kappa shape index (κ2) is 6.94. The molecular weight excluding hydrogens is 392 g/mol. The summed E-state index contributed by atoms with van der Waals surface area (Å²) < 4.78 is 36.9. The molecule has 0 unspecified atom stereocenters. The zero-order chi connectivity index (χ0) is 18.0. The third-order valence-corrected chi connectivity index (χ3v) is 5.63. The van der Waals surface area contributed by atoms with Crippen molar-refractivity contribution in [3.05, 3.63) is 28.2 Å². The van der Waals surface area contributed by atoms with Gasteiger partial charge in [-0.2, -0.15) is 0 Å². The van der Waals surface area contributed by atoms with E-state index in [-0.39, 0.29) is 39.1 Å². The van der Waals surface area contributed by atoms with E-state index in [1.54, 1.807) is 12.3 Å². The van der Waals surface area contributed by atoms with Crippen molar-refractivity contribution in [1.82, 2.24) is 15.3 Å². The van der Waals surface area contributed by atoms with Gasteiger partial charge < -0.3 is 4.74 Å². The third kappa shape index (κ3) is 3.72. The lowest BCUT2D eigenvalue weighted by Gasteiger charge is -2.05. The van der Waals surface area contributed by atoms with Crippen molar-refractivity contribution in [3.63, 3.8) is 0 Å². The number of thiazole rings is 1. The fourth-order valence-electron chi connectivity index (χ4n) is 2.00. The van der Waals surface area contributed by atoms with Crippen LogP contribution >= 0.6 is 22.9 Å². The predicted octanol–water partition coefficient (Wildman–Crippen LogP) is 2.24. The Balaban J connectivity index is 1.84. The summed E-state index contributed by atoms with van der Waals surface area (Å²) in [4.78, 5) is 15.4. The van der Waals surface area contributed by atoms with Crippen LogP contribution < -0.4 is 4.72 Å². The Morgan fingerprint density at radius 3 is 2.88 bits per heavy atom. The highest BCUT2D eigenvalue weighted by molar-refractivity contribution is 7.93. The number of hydrogen-bond acceptors (Lipinski definition) is 9. The predicted molar refractivity (Wildman–Crippen MR) is 90.1 cm³/mol. The zero-order valence-corrected chi connectivity index (χ0v) is 15.1. The minimum Gasteiger partial charge on any atom is -0.466 e. The van der Waals surface area contributed by atoms with Gasteiger partial charge in [0.2, 0.25) is 0 Å². The molecule has 3 rings (SSSR count). The second-order valence-electron chi connectivity index (χ2n) is 4.74. The molecule has 9 nitrogen and oxygen atoms in total. The SMILES string of the molecule is CCOC(=O)Cc1csc(NS(=O)(=O)c2ccc(Cl)c3nonc23)n1. The Kier molecular flexibility index (Phi) is 4.88. The average molecular weight is 403 g/mol. The van der Waals surface area contributed by atoms with Crippen molar-refractivity contribution in [2.45, 2.75) is 18.2 Å². The number of sulfonamides is 1. The summed E-state index contributed by atoms with van der Waals surface area (Å²) in [6.07, 6.45) is -0.0372. The molecule has 25 heavy (non-hydrogen) atoms. The van der Waals surface area contributed by atoms with Crippen LogP contribution in [0, 0.1) is 0 Å². The van der Waals surface area contributed by atoms with Crippen LogP contribution in [0.1, 0.15) is 12.6 Å². The molecule has 0 saturated carbocycles. The molecular formula is C13H11ClN4O5S2. The molecule has 0 fully saturated rings. The lowest BCUT2D eigenvalue weighted by Crippen LogP contribution is -2.14. The second-order valence-corrected chi connectivity index (χ2v) is 7.65. The van der Waals surface area contributed by atoms with Crippen molar-refractivity contribution < 1.29 is 22.6 Å². The summed E-state index contributed by atoms with van der Waals surface area (Å²) in [6.45, 7) is 1.96. The van der Waals surface area contributed by atoms with Crippen molar-refractivity contribution in [2.75, 3.05) is 11.3 Å². The molecule has 0 radical (unpaired) electrons. The van der Waals surface area contributed by atoms with Crippen LogP contribution in [0.5, 0.6) is 0 Å². The lowest BCUT2D eigenvalue weighted by molar-refractivity contribution is -0.142. The first-order valence-corrected chi connectivity index (χ1v) is 9.68. The lowest BCUT2D eigenvalue weighted by atomic mass is 10.3. The van der Waals surface area contributed by atoms with Crippen molar-refractivity contribution in [3.8, 4) is 0 Å². The number of ether oxygens (including phenoxy) is 1. The van der Waals surface area contributed by atoms with Gasteiger partial charge in [0.1, 0.15) is 4.90 Å². The number of carbonyl (C=O) groups is 1. The van der Waals surface area contributed by atoms with Gasteiger partial charge in [-0.1, -0.05) is 11.6 Å². The number of halogens is 1. The Hall–Kier alpha value is -2.24. The number of fused-ring (bicyclic) bond motifs is 1. The van der Waals surface area contributed by atoms with Crippen LogP contribution in [0.25, 0.3) is 11.0 Å². The van der Waals surface area contributed by atoms with Crippen molar-refractivity contribution in [1.29, 1.82) is 0 Å². The quantitative estimate of drug-likeness (QED) is 0.622. The maximum Gasteiger partial charge on any atom is 0.311 e. The molecule has 1 N–H and O–H groups in total. The summed E-state index contributed by atoms with van der Waals surface area (Å²) in [6, 6.07) is 2.68. The van der Waals surface area contributed by atoms with E-state index in [4.69, 9.17) is 16.3 Å². The number of nitrogens with one attached hydrogen (secondary N) is 1. The molecule has 0 saturated heterocycles. The molecule has 0 amide bonds. The minimum absolute atomic E-state index is 0.0169. The number of benzene rings is 1. The highest BCUT2D eigenvalue weighted by atomic mass is 35.5. The first kappa shape index (κ1) is 17.6. The summed E-state index contributed by atoms with van der Waals surface area (Å²) in [5, 5.41) is 9.07. The van der Waals surface area contributed by atoms with Crippen molar-refractivity contribution >= 4 is 55.1 Å². The summed E-state index contributed by atoms with van der Waals surface area (Å²) in [5.74, 6) is -0.435. The van der Waals surface area contributed by atoms with E-state index in [0.717, 1.165) is 11.3 Å². The van der Waals surface area contributed by atoms with Crippen molar-refractivity contribution in [2.24, 2.45) is 0 Å². The Labute approximate surface area is 151 Å². The minimum atomic E-state index is -3.99. The summed E-state index contributed by atoms with van der Waals surface area (Å²) in [7, 11) is -3.99. The number of rotatable bonds is 6. The zero-order valence-electron chi connectivity index (χ0n) is 12.7. The van der Waals surface area contributed by atoms with Gasteiger partial charge in [0, 0.05) is 5.38 Å². The molecule has 0 aliphatic heterocycles. The fraction of sp³-hybridized carbons (Fsp3) is 0.231. The van der Waals surface area contributed by atoms with Gasteiger partial charge in [0.25, 0.3) is 10.0 Å². The van der Waals surface area contributed by atoms with Gasteiger partial charge in [-0.15, -0.1) is 11.3 Å². The first-order chi connectivity index (χ1) is 11.9. The smallest absolute Gasteiger partial charge is 0.311 e. The van der Waals surface area contributed by atoms with Crippen LogP contribution in [0.3, 0.4) is 0 Å². The number of carbonyl (C=O) groups excluding carboxylic acids is 1. The molecule has 0 aliphatic rings. The van der Waals surface area contributed by atoms with Crippen LogP contribution in [0.15, 0.2) is 27.0 Å². The highest BCUT2D eigenvalue weighted by Gasteiger charge is 2.23. The molecule has 132 valence electrons. The van der Waals surface area contributed by atoms with E-state index >= 15 is 0 Å². The molecule has 0 aliphatic carbocycles. The monoisotopic (exact) mass is 402 g/mol. The van der Waals surface area contributed by atoms with Crippen LogP contribution in [-0.4, -0.2) is 36.3 Å². The summed E-state index contributed by atoms with van der Waals surface area (Å²) in [5.41, 5.74) is 0.570. The number of nitrogens with zero attached hydrogens (tertiary/aromatic N) is 3. The van der Waals surface area contributed by atoms with E-state index in [1.807, 2.05) is 0 Å². The third-order valence-electron chi connectivity index (χ3n) is 3.02. The fourth-order valence-corrected chi connectivity index (χ4v) is 4.28. The normalized spacial score (nSPS) is 11.6. The first-order valence-electron chi connectivity index (χ1n) is 6.94. The van der Waals surface area contributed by atoms with Crippen LogP contribution in [0.2, 0.25) is 5.02 Å². The molecule has 3 aromatic rings. The maximum absolute atomic E-state index is 12.6. The molecule has 0 spiro atoms. The number of esters is 1. The average Bonchev–Trinajstić information content (AvgIpc) is 3.17. The Bertz CT molecular complexity index is 1030. The van der Waals surface area contributed by atoms with Gasteiger partial charge in [-0.25, -0.2) is 18.0 Å².